The monoisotopic (exact) mass is 306 g/mol. The van der Waals surface area contributed by atoms with Gasteiger partial charge in [0, 0.05) is 18.9 Å². The van der Waals surface area contributed by atoms with E-state index in [2.05, 4.69) is 15.1 Å². The second-order valence-corrected chi connectivity index (χ2v) is 6.42. The lowest BCUT2D eigenvalue weighted by Gasteiger charge is -2.14. The van der Waals surface area contributed by atoms with Gasteiger partial charge in [0.05, 0.1) is 5.69 Å². The number of nitrogens with two attached hydrogens (primary N) is 1. The number of hydrogen-bond donors (Lipinski definition) is 3. The molecule has 0 fully saturated rings. The van der Waals surface area contributed by atoms with E-state index < -0.39 is 10.0 Å². The molecule has 0 saturated heterocycles. The Bertz CT molecular complexity index is 689. The van der Waals surface area contributed by atoms with Gasteiger partial charge in [-0.2, -0.15) is 0 Å². The van der Waals surface area contributed by atoms with E-state index in [1.165, 1.54) is 18.5 Å². The smallest absolute Gasteiger partial charge is 0.244 e. The lowest BCUT2D eigenvalue weighted by atomic mass is 10.0. The summed E-state index contributed by atoms with van der Waals surface area (Å²) in [5.41, 5.74) is 3.74. The summed E-state index contributed by atoms with van der Waals surface area (Å²) in [6.45, 7) is 2.26. The van der Waals surface area contributed by atoms with Crippen LogP contribution in [0.2, 0.25) is 0 Å². The van der Waals surface area contributed by atoms with Crippen LogP contribution in [0.15, 0.2) is 53.7 Å². The van der Waals surface area contributed by atoms with Crippen molar-refractivity contribution in [1.29, 1.82) is 0 Å². The van der Waals surface area contributed by atoms with Crippen LogP contribution in [0.3, 0.4) is 0 Å². The fraction of sp³-hybridized carbons (Fsp3) is 0.214. The molecule has 0 spiro atoms. The van der Waals surface area contributed by atoms with Gasteiger partial charge in [-0.05, 0) is 17.5 Å². The van der Waals surface area contributed by atoms with Gasteiger partial charge in [-0.15, -0.1) is 0 Å². The Balaban J connectivity index is 2.12. The summed E-state index contributed by atoms with van der Waals surface area (Å²) in [4.78, 5) is 3.87. The molecule has 0 saturated carbocycles. The number of nitrogens with zero attached hydrogens (tertiary/aromatic N) is 1. The van der Waals surface area contributed by atoms with Crippen molar-refractivity contribution in [3.63, 3.8) is 0 Å². The molecule has 1 aromatic carbocycles. The molecule has 0 aliphatic carbocycles. The predicted molar refractivity (Wildman–Crippen MR) is 82.1 cm³/mol. The zero-order chi connectivity index (χ0) is 15.3. The number of rotatable bonds is 6. The fourth-order valence-corrected chi connectivity index (χ4v) is 3.17. The summed E-state index contributed by atoms with van der Waals surface area (Å²) < 4.78 is 27.2. The Kier molecular flexibility index (Phi) is 4.89. The molecule has 1 heterocycles. The van der Waals surface area contributed by atoms with Crippen molar-refractivity contribution in [2.75, 3.05) is 12.0 Å². The van der Waals surface area contributed by atoms with Crippen LogP contribution < -0.4 is 16.0 Å². The van der Waals surface area contributed by atoms with E-state index in [0.717, 1.165) is 5.56 Å². The third-order valence-corrected chi connectivity index (χ3v) is 4.63. The lowest BCUT2D eigenvalue weighted by Crippen LogP contribution is -2.29. The minimum atomic E-state index is -3.66. The molecule has 2 aromatic rings. The van der Waals surface area contributed by atoms with Crippen LogP contribution in [-0.4, -0.2) is 19.9 Å². The molecule has 0 bridgehead atoms. The standard InChI is InChI=1S/C14H18N4O2S/c1-11(12-5-3-2-4-6-12)9-17-21(19,20)14-10-16-8-7-13(14)18-15/h2-8,10-11,17H,9,15H2,1H3,(H,16,18). The maximum Gasteiger partial charge on any atom is 0.244 e. The second kappa shape index (κ2) is 6.66. The van der Waals surface area contributed by atoms with Crippen LogP contribution in [0.4, 0.5) is 5.69 Å². The van der Waals surface area contributed by atoms with Crippen LogP contribution in [0.25, 0.3) is 0 Å². The van der Waals surface area contributed by atoms with Crippen molar-refractivity contribution in [3.8, 4) is 0 Å². The van der Waals surface area contributed by atoms with E-state index in [0.29, 0.717) is 12.2 Å². The topological polar surface area (TPSA) is 97.1 Å². The Labute approximate surface area is 124 Å². The maximum atomic E-state index is 12.3. The molecule has 4 N–H and O–H groups in total. The van der Waals surface area contributed by atoms with Crippen LogP contribution in [-0.2, 0) is 10.0 Å². The highest BCUT2D eigenvalue weighted by molar-refractivity contribution is 7.89. The van der Waals surface area contributed by atoms with Crippen molar-refractivity contribution < 1.29 is 8.42 Å². The summed E-state index contributed by atoms with van der Waals surface area (Å²) >= 11 is 0. The van der Waals surface area contributed by atoms with Gasteiger partial charge in [-0.3, -0.25) is 10.8 Å². The number of sulfonamides is 1. The van der Waals surface area contributed by atoms with E-state index in [4.69, 9.17) is 5.84 Å². The van der Waals surface area contributed by atoms with Crippen molar-refractivity contribution in [2.45, 2.75) is 17.7 Å². The van der Waals surface area contributed by atoms with E-state index in [1.54, 1.807) is 0 Å². The number of nitrogens with one attached hydrogen (secondary N) is 2. The van der Waals surface area contributed by atoms with Crippen LogP contribution >= 0.6 is 0 Å². The maximum absolute atomic E-state index is 12.3. The van der Waals surface area contributed by atoms with E-state index in [1.807, 2.05) is 37.3 Å². The molecule has 112 valence electrons. The number of hydrazine groups is 1. The first-order chi connectivity index (χ1) is 10.0. The first-order valence-corrected chi connectivity index (χ1v) is 7.98. The van der Waals surface area contributed by atoms with Crippen molar-refractivity contribution in [3.05, 3.63) is 54.4 Å². The summed E-state index contributed by atoms with van der Waals surface area (Å²) in [5, 5.41) is 0. The first kappa shape index (κ1) is 15.4. The molecular formula is C14H18N4O2S. The zero-order valence-electron chi connectivity index (χ0n) is 11.7. The van der Waals surface area contributed by atoms with Gasteiger partial charge in [0.15, 0.2) is 0 Å². The van der Waals surface area contributed by atoms with Gasteiger partial charge in [-0.1, -0.05) is 37.3 Å². The number of anilines is 1. The molecule has 0 amide bonds. The van der Waals surface area contributed by atoms with Crippen LogP contribution in [0, 0.1) is 0 Å². The van der Waals surface area contributed by atoms with E-state index >= 15 is 0 Å². The highest BCUT2D eigenvalue weighted by Gasteiger charge is 2.19. The first-order valence-electron chi connectivity index (χ1n) is 6.50. The SMILES string of the molecule is CC(CNS(=O)(=O)c1cnccc1NN)c1ccccc1. The Hall–Kier alpha value is -1.96. The average Bonchev–Trinajstić information content (AvgIpc) is 2.53. The minimum absolute atomic E-state index is 0.0350. The molecule has 1 aromatic heterocycles. The van der Waals surface area contributed by atoms with E-state index in [9.17, 15) is 8.42 Å². The van der Waals surface area contributed by atoms with Crippen LogP contribution in [0.1, 0.15) is 18.4 Å². The number of benzene rings is 1. The molecule has 1 atom stereocenters. The Morgan fingerprint density at radius 3 is 2.62 bits per heavy atom. The number of pyridine rings is 1. The molecule has 1 unspecified atom stereocenters. The van der Waals surface area contributed by atoms with E-state index in [-0.39, 0.29) is 10.8 Å². The molecule has 6 nitrogen and oxygen atoms in total. The average molecular weight is 306 g/mol. The van der Waals surface area contributed by atoms with Crippen molar-refractivity contribution in [1.82, 2.24) is 9.71 Å². The molecule has 0 aliphatic heterocycles. The number of aromatic nitrogens is 1. The van der Waals surface area contributed by atoms with Gasteiger partial charge in [0.1, 0.15) is 4.90 Å². The van der Waals surface area contributed by atoms with Crippen molar-refractivity contribution in [2.24, 2.45) is 5.84 Å². The third kappa shape index (κ3) is 3.78. The summed E-state index contributed by atoms with van der Waals surface area (Å²) in [6.07, 6.45) is 2.74. The van der Waals surface area contributed by atoms with Gasteiger partial charge in [0.2, 0.25) is 10.0 Å². The zero-order valence-corrected chi connectivity index (χ0v) is 12.5. The summed E-state index contributed by atoms with van der Waals surface area (Å²) in [7, 11) is -3.66. The molecule has 0 radical (unpaired) electrons. The predicted octanol–water partition coefficient (Wildman–Crippen LogP) is 1.45. The third-order valence-electron chi connectivity index (χ3n) is 3.18. The van der Waals surface area contributed by atoms with Gasteiger partial charge < -0.3 is 5.43 Å². The molecule has 21 heavy (non-hydrogen) atoms. The largest absolute Gasteiger partial charge is 0.323 e. The molecule has 2 rings (SSSR count). The van der Waals surface area contributed by atoms with Gasteiger partial charge >= 0.3 is 0 Å². The van der Waals surface area contributed by atoms with Crippen molar-refractivity contribution >= 4 is 15.7 Å². The lowest BCUT2D eigenvalue weighted by molar-refractivity contribution is 0.575. The molecule has 7 heteroatoms. The Morgan fingerprint density at radius 2 is 1.95 bits per heavy atom. The normalized spacial score (nSPS) is 12.9. The Morgan fingerprint density at radius 1 is 1.24 bits per heavy atom. The quantitative estimate of drug-likeness (QED) is 0.554. The van der Waals surface area contributed by atoms with Crippen LogP contribution in [0.5, 0.6) is 0 Å². The minimum Gasteiger partial charge on any atom is -0.323 e. The molecular weight excluding hydrogens is 288 g/mol. The summed E-state index contributed by atoms with van der Waals surface area (Å²) in [5.74, 6) is 5.39. The van der Waals surface area contributed by atoms with Gasteiger partial charge in [0.25, 0.3) is 0 Å². The highest BCUT2D eigenvalue weighted by atomic mass is 32.2. The van der Waals surface area contributed by atoms with Gasteiger partial charge in [-0.25, -0.2) is 13.1 Å². The fourth-order valence-electron chi connectivity index (χ4n) is 1.93. The summed E-state index contributed by atoms with van der Waals surface area (Å²) in [6, 6.07) is 11.2. The number of hydrogen-bond acceptors (Lipinski definition) is 5. The highest BCUT2D eigenvalue weighted by Crippen LogP contribution is 2.19. The number of nitrogen functional groups attached to an aromatic ring is 1. The second-order valence-electron chi connectivity index (χ2n) is 4.68. The molecule has 0 aliphatic rings.